The minimum atomic E-state index is -0.695. The number of aromatic amines is 1. The van der Waals surface area contributed by atoms with Crippen LogP contribution in [0.1, 0.15) is 15.9 Å². The fourth-order valence-electron chi connectivity index (χ4n) is 2.48. The van der Waals surface area contributed by atoms with Crippen LogP contribution in [0.5, 0.6) is 5.75 Å². The number of amides is 1. The van der Waals surface area contributed by atoms with Gasteiger partial charge in [0.15, 0.2) is 0 Å². The van der Waals surface area contributed by atoms with Crippen molar-refractivity contribution in [2.24, 2.45) is 0 Å². The highest BCUT2D eigenvalue weighted by atomic mass is 35.5. The van der Waals surface area contributed by atoms with Crippen LogP contribution in [0.2, 0.25) is 5.02 Å². The molecule has 0 spiro atoms. The van der Waals surface area contributed by atoms with Crippen LogP contribution in [0.15, 0.2) is 64.3 Å². The topological polar surface area (TPSA) is 93.2 Å². The molecule has 0 aliphatic heterocycles. The molecule has 1 aromatic heterocycles. The lowest BCUT2D eigenvalue weighted by molar-refractivity contribution is 0.102. The highest BCUT2D eigenvalue weighted by Gasteiger charge is 2.16. The van der Waals surface area contributed by atoms with Crippen molar-refractivity contribution in [2.45, 2.75) is 6.54 Å². The molecule has 0 unspecified atom stereocenters. The minimum absolute atomic E-state index is 0.0192. The van der Waals surface area contributed by atoms with E-state index in [0.717, 1.165) is 10.8 Å². The molecule has 1 amide bonds. The van der Waals surface area contributed by atoms with Gasteiger partial charge in [0.2, 0.25) is 0 Å². The molecule has 27 heavy (non-hydrogen) atoms. The molecule has 3 aromatic rings. The standard InChI is InChI=1S/C19H16ClN3O4/c1-27-13-8-6-12(7-9-13)11-23-18(25)14(10-21-19(23)26)17(24)22-16-5-3-2-4-15(16)20/h2-10H,11H2,1H3,(H,21,26)(H,22,24). The van der Waals surface area contributed by atoms with Crippen molar-refractivity contribution in [1.29, 1.82) is 0 Å². The van der Waals surface area contributed by atoms with Gasteiger partial charge in [0, 0.05) is 6.20 Å². The number of methoxy groups -OCH3 is 1. The average Bonchev–Trinajstić information content (AvgIpc) is 2.67. The van der Waals surface area contributed by atoms with Crippen molar-refractivity contribution in [3.05, 3.63) is 91.7 Å². The fourth-order valence-corrected chi connectivity index (χ4v) is 2.67. The van der Waals surface area contributed by atoms with Crippen molar-refractivity contribution >= 4 is 23.2 Å². The number of ether oxygens (including phenoxy) is 1. The molecule has 0 aliphatic rings. The van der Waals surface area contributed by atoms with E-state index in [-0.39, 0.29) is 12.1 Å². The number of anilines is 1. The molecule has 0 aliphatic carbocycles. The van der Waals surface area contributed by atoms with Crippen molar-refractivity contribution < 1.29 is 9.53 Å². The minimum Gasteiger partial charge on any atom is -0.497 e. The van der Waals surface area contributed by atoms with E-state index in [1.807, 2.05) is 0 Å². The Morgan fingerprint density at radius 3 is 2.52 bits per heavy atom. The number of carbonyl (C=O) groups excluding carboxylic acids is 1. The second-order valence-electron chi connectivity index (χ2n) is 5.68. The number of hydrogen-bond donors (Lipinski definition) is 2. The molecule has 0 radical (unpaired) electrons. The van der Waals surface area contributed by atoms with Crippen LogP contribution in [-0.4, -0.2) is 22.6 Å². The SMILES string of the molecule is COc1ccc(Cn2c(=O)[nH]cc(C(=O)Nc3ccccc3Cl)c2=O)cc1. The fraction of sp³-hybridized carbons (Fsp3) is 0.105. The first-order valence-corrected chi connectivity index (χ1v) is 8.38. The van der Waals surface area contributed by atoms with Crippen molar-refractivity contribution in [2.75, 3.05) is 12.4 Å². The van der Waals surface area contributed by atoms with Gasteiger partial charge in [0.05, 0.1) is 24.4 Å². The first kappa shape index (κ1) is 18.5. The number of halogens is 1. The summed E-state index contributed by atoms with van der Waals surface area (Å²) in [6, 6.07) is 13.6. The van der Waals surface area contributed by atoms with Gasteiger partial charge in [-0.05, 0) is 29.8 Å². The monoisotopic (exact) mass is 385 g/mol. The number of aromatic nitrogens is 2. The van der Waals surface area contributed by atoms with Gasteiger partial charge in [-0.2, -0.15) is 0 Å². The second-order valence-corrected chi connectivity index (χ2v) is 6.09. The Morgan fingerprint density at radius 2 is 1.85 bits per heavy atom. The van der Waals surface area contributed by atoms with Crippen LogP contribution < -0.4 is 21.3 Å². The summed E-state index contributed by atoms with van der Waals surface area (Å²) >= 11 is 6.02. The van der Waals surface area contributed by atoms with E-state index in [1.165, 1.54) is 0 Å². The van der Waals surface area contributed by atoms with Crippen LogP contribution in [0.4, 0.5) is 5.69 Å². The molecule has 138 valence electrons. The number of para-hydroxylation sites is 1. The number of carbonyl (C=O) groups is 1. The molecule has 0 saturated carbocycles. The maximum absolute atomic E-state index is 12.7. The van der Waals surface area contributed by atoms with Crippen LogP contribution in [0.3, 0.4) is 0 Å². The zero-order valence-corrected chi connectivity index (χ0v) is 15.1. The van der Waals surface area contributed by atoms with Crippen LogP contribution >= 0.6 is 11.6 Å². The summed E-state index contributed by atoms with van der Waals surface area (Å²) in [7, 11) is 1.55. The summed E-state index contributed by atoms with van der Waals surface area (Å²) in [5, 5.41) is 2.91. The van der Waals surface area contributed by atoms with E-state index in [0.29, 0.717) is 22.0 Å². The molecule has 0 fully saturated rings. The van der Waals surface area contributed by atoms with Crippen LogP contribution in [0, 0.1) is 0 Å². The zero-order valence-electron chi connectivity index (χ0n) is 14.4. The van der Waals surface area contributed by atoms with Gasteiger partial charge in [-0.15, -0.1) is 0 Å². The first-order chi connectivity index (χ1) is 13.0. The highest BCUT2D eigenvalue weighted by Crippen LogP contribution is 2.20. The van der Waals surface area contributed by atoms with Crippen LogP contribution in [0.25, 0.3) is 0 Å². The number of H-pyrrole nitrogens is 1. The van der Waals surface area contributed by atoms with Crippen molar-refractivity contribution in [1.82, 2.24) is 9.55 Å². The van der Waals surface area contributed by atoms with Gasteiger partial charge in [-0.25, -0.2) is 4.79 Å². The first-order valence-electron chi connectivity index (χ1n) is 8.01. The molecule has 2 aromatic carbocycles. The summed E-state index contributed by atoms with van der Waals surface area (Å²) in [6.45, 7) is 0.0192. The second kappa shape index (κ2) is 7.92. The maximum Gasteiger partial charge on any atom is 0.328 e. The molecule has 7 nitrogen and oxygen atoms in total. The molecular formula is C19H16ClN3O4. The lowest BCUT2D eigenvalue weighted by Crippen LogP contribution is -2.39. The Balaban J connectivity index is 1.90. The summed E-state index contributed by atoms with van der Waals surface area (Å²) in [4.78, 5) is 39.6. The Morgan fingerprint density at radius 1 is 1.15 bits per heavy atom. The molecule has 2 N–H and O–H groups in total. The number of nitrogens with zero attached hydrogens (tertiary/aromatic N) is 1. The van der Waals surface area contributed by atoms with Gasteiger partial charge in [-0.3, -0.25) is 14.2 Å². The van der Waals surface area contributed by atoms with Crippen molar-refractivity contribution in [3.63, 3.8) is 0 Å². The van der Waals surface area contributed by atoms with E-state index in [1.54, 1.807) is 55.6 Å². The Labute approximate surface area is 159 Å². The summed E-state index contributed by atoms with van der Waals surface area (Å²) in [6.07, 6.45) is 1.10. The molecule has 8 heteroatoms. The summed E-state index contributed by atoms with van der Waals surface area (Å²) in [5.74, 6) is 0.000653. The number of benzene rings is 2. The maximum atomic E-state index is 12.7. The molecular weight excluding hydrogens is 370 g/mol. The van der Waals surface area contributed by atoms with E-state index >= 15 is 0 Å². The lowest BCUT2D eigenvalue weighted by Gasteiger charge is -2.09. The number of nitrogens with one attached hydrogen (secondary N) is 2. The lowest BCUT2D eigenvalue weighted by atomic mass is 10.2. The van der Waals surface area contributed by atoms with E-state index in [2.05, 4.69) is 10.3 Å². The highest BCUT2D eigenvalue weighted by molar-refractivity contribution is 6.33. The third-order valence-electron chi connectivity index (χ3n) is 3.93. The normalized spacial score (nSPS) is 10.4. The third-order valence-corrected chi connectivity index (χ3v) is 4.26. The predicted molar refractivity (Wildman–Crippen MR) is 103 cm³/mol. The number of rotatable bonds is 5. The molecule has 0 saturated heterocycles. The molecule has 0 atom stereocenters. The zero-order chi connectivity index (χ0) is 19.4. The van der Waals surface area contributed by atoms with Gasteiger partial charge in [0.25, 0.3) is 11.5 Å². The quantitative estimate of drug-likeness (QED) is 0.705. The number of hydrogen-bond acceptors (Lipinski definition) is 4. The molecule has 1 heterocycles. The average molecular weight is 386 g/mol. The third kappa shape index (κ3) is 4.09. The summed E-state index contributed by atoms with van der Waals surface area (Å²) < 4.78 is 6.05. The molecule has 3 rings (SSSR count). The van der Waals surface area contributed by atoms with E-state index < -0.39 is 17.2 Å². The van der Waals surface area contributed by atoms with Gasteiger partial charge in [0.1, 0.15) is 11.3 Å². The Kier molecular flexibility index (Phi) is 5.42. The van der Waals surface area contributed by atoms with Gasteiger partial charge >= 0.3 is 5.69 Å². The van der Waals surface area contributed by atoms with Gasteiger partial charge in [-0.1, -0.05) is 35.9 Å². The smallest absolute Gasteiger partial charge is 0.328 e. The van der Waals surface area contributed by atoms with Gasteiger partial charge < -0.3 is 15.0 Å². The van der Waals surface area contributed by atoms with E-state index in [9.17, 15) is 14.4 Å². The van der Waals surface area contributed by atoms with E-state index in [4.69, 9.17) is 16.3 Å². The van der Waals surface area contributed by atoms with Crippen LogP contribution in [-0.2, 0) is 6.54 Å². The predicted octanol–water partition coefficient (Wildman–Crippen LogP) is 2.50. The summed E-state index contributed by atoms with van der Waals surface area (Å²) in [5.41, 5.74) is -0.407. The van der Waals surface area contributed by atoms with Crippen molar-refractivity contribution in [3.8, 4) is 5.75 Å². The largest absolute Gasteiger partial charge is 0.497 e. The Hall–Kier alpha value is -3.32. The Bertz CT molecular complexity index is 1090. The molecule has 0 bridgehead atoms.